The third kappa shape index (κ3) is 4.29. The van der Waals surface area contributed by atoms with E-state index in [-0.39, 0.29) is 34.0 Å². The van der Waals surface area contributed by atoms with Crippen molar-refractivity contribution >= 4 is 27.6 Å². The second kappa shape index (κ2) is 8.82. The van der Waals surface area contributed by atoms with Gasteiger partial charge < -0.3 is 19.5 Å². The highest BCUT2D eigenvalue weighted by atomic mass is 19.4. The lowest BCUT2D eigenvalue weighted by Crippen LogP contribution is -2.53. The first-order valence-electron chi connectivity index (χ1n) is 10.0. The molecule has 0 radical (unpaired) electrons. The molecule has 0 saturated heterocycles. The number of carboxylic acids is 1. The molecule has 0 aliphatic rings. The molecule has 12 heteroatoms. The van der Waals surface area contributed by atoms with Crippen molar-refractivity contribution in [2.45, 2.75) is 44.3 Å². The Morgan fingerprint density at radius 2 is 1.62 bits per heavy atom. The number of hydrogen-bond donors (Lipinski definition) is 2. The lowest BCUT2D eigenvalue weighted by Gasteiger charge is -2.33. The van der Waals surface area contributed by atoms with E-state index < -0.39 is 41.7 Å². The average Bonchev–Trinajstić information content (AvgIpc) is 2.75. The van der Waals surface area contributed by atoms with Crippen LogP contribution in [-0.4, -0.2) is 39.7 Å². The zero-order valence-corrected chi connectivity index (χ0v) is 17.6. The number of fused-ring (bicyclic) bond motifs is 3. The predicted octanol–water partition coefficient (Wildman–Crippen LogP) is 4.73. The fraction of sp³-hybridized carbons (Fsp3) is 0.364. The minimum atomic E-state index is -6.08. The second-order valence-electron chi connectivity index (χ2n) is 7.64. The second-order valence-corrected chi connectivity index (χ2v) is 7.64. The number of rotatable bonds is 7. The zero-order chi connectivity index (χ0) is 25.5. The van der Waals surface area contributed by atoms with Crippen LogP contribution in [0.25, 0.3) is 21.7 Å². The van der Waals surface area contributed by atoms with Gasteiger partial charge in [-0.05, 0) is 36.8 Å². The Hall–Kier alpha value is -3.28. The molecule has 0 atom stereocenters. The largest absolute Gasteiger partial charge is 0.482 e. The Labute approximate surface area is 188 Å². The van der Waals surface area contributed by atoms with Crippen molar-refractivity contribution in [1.82, 2.24) is 4.57 Å². The number of unbranched alkanes of at least 4 members (excludes halogenated alkanes) is 1. The van der Waals surface area contributed by atoms with Gasteiger partial charge in [0.2, 0.25) is 0 Å². The smallest absolute Gasteiger partial charge is 0.430 e. The molecule has 0 fully saturated rings. The fourth-order valence-corrected chi connectivity index (χ4v) is 3.66. The van der Waals surface area contributed by atoms with Crippen molar-refractivity contribution < 1.29 is 46.1 Å². The minimum absolute atomic E-state index is 0.0222. The van der Waals surface area contributed by atoms with Crippen molar-refractivity contribution in [2.75, 3.05) is 6.61 Å². The number of aryl methyl sites for hydroxylation is 1. The molecule has 2 aromatic carbocycles. The van der Waals surface area contributed by atoms with Crippen LogP contribution in [0.1, 0.15) is 25.3 Å². The first kappa shape index (κ1) is 25.3. The highest BCUT2D eigenvalue weighted by Gasteiger charge is 2.71. The molecule has 0 bridgehead atoms. The molecule has 0 aliphatic carbocycles. The van der Waals surface area contributed by atoms with Crippen LogP contribution < -0.4 is 10.3 Å². The Morgan fingerprint density at radius 3 is 2.18 bits per heavy atom. The summed E-state index contributed by atoms with van der Waals surface area (Å²) < 4.78 is 87.0. The SMILES string of the molecule is CCCCn1c(=O)c2ccc(OCC(=O)O)cc2c2cc(C(O)(C(F)(F)F)C(F)(F)F)ccc21. The molecule has 0 amide bonds. The monoisotopic (exact) mass is 491 g/mol. The number of aliphatic carboxylic acids is 1. The Kier molecular flexibility index (Phi) is 6.57. The van der Waals surface area contributed by atoms with E-state index in [2.05, 4.69) is 0 Å². The molecular weight excluding hydrogens is 472 g/mol. The third-order valence-corrected chi connectivity index (χ3v) is 5.38. The fourth-order valence-electron chi connectivity index (χ4n) is 3.66. The lowest BCUT2D eigenvalue weighted by atomic mass is 9.90. The highest BCUT2D eigenvalue weighted by Crippen LogP contribution is 2.50. The van der Waals surface area contributed by atoms with Crippen LogP contribution in [0.4, 0.5) is 26.3 Å². The molecule has 0 spiro atoms. The highest BCUT2D eigenvalue weighted by molar-refractivity contribution is 6.06. The number of alkyl halides is 6. The summed E-state index contributed by atoms with van der Waals surface area (Å²) in [6, 6.07) is 5.64. The van der Waals surface area contributed by atoms with Crippen LogP contribution in [0.15, 0.2) is 41.2 Å². The van der Waals surface area contributed by atoms with Gasteiger partial charge in [0.05, 0.1) is 5.52 Å². The number of halogens is 6. The van der Waals surface area contributed by atoms with Gasteiger partial charge in [-0.3, -0.25) is 4.79 Å². The summed E-state index contributed by atoms with van der Waals surface area (Å²) in [4.78, 5) is 23.8. The Bertz CT molecular complexity index is 1280. The topological polar surface area (TPSA) is 88.8 Å². The summed E-state index contributed by atoms with van der Waals surface area (Å²) in [6.45, 7) is 1.23. The van der Waals surface area contributed by atoms with Gasteiger partial charge in [-0.2, -0.15) is 26.3 Å². The number of carbonyl (C=O) groups is 1. The molecule has 0 saturated carbocycles. The Balaban J connectivity index is 2.40. The van der Waals surface area contributed by atoms with Crippen LogP contribution in [0.3, 0.4) is 0 Å². The molecule has 1 aromatic heterocycles. The van der Waals surface area contributed by atoms with Crippen LogP contribution in [0.2, 0.25) is 0 Å². The number of aliphatic hydroxyl groups is 1. The minimum Gasteiger partial charge on any atom is -0.482 e. The molecule has 3 rings (SSSR count). The molecule has 0 unspecified atom stereocenters. The van der Waals surface area contributed by atoms with E-state index in [4.69, 9.17) is 9.84 Å². The third-order valence-electron chi connectivity index (χ3n) is 5.38. The van der Waals surface area contributed by atoms with Gasteiger partial charge >= 0.3 is 18.3 Å². The molecule has 2 N–H and O–H groups in total. The maximum Gasteiger partial charge on any atom is 0.430 e. The van der Waals surface area contributed by atoms with Crippen molar-refractivity contribution in [3.63, 3.8) is 0 Å². The average molecular weight is 491 g/mol. The summed E-state index contributed by atoms with van der Waals surface area (Å²) in [5, 5.41) is 18.4. The zero-order valence-electron chi connectivity index (χ0n) is 17.6. The standard InChI is InChI=1S/C22H19F6NO5/c1-2-3-8-29-17-7-4-12(20(33,21(23,24)25)22(26,27)28)9-16(17)15-10-13(34-11-18(30)31)5-6-14(15)19(29)32/h4-7,9-10,33H,2-3,8,11H2,1H3,(H,30,31). The van der Waals surface area contributed by atoms with E-state index in [0.717, 1.165) is 12.1 Å². The number of pyridine rings is 1. The van der Waals surface area contributed by atoms with Gasteiger partial charge in [0.25, 0.3) is 11.2 Å². The molecule has 0 aliphatic heterocycles. The van der Waals surface area contributed by atoms with Crippen molar-refractivity contribution in [1.29, 1.82) is 0 Å². The maximum atomic E-state index is 13.4. The molecule has 3 aromatic rings. The van der Waals surface area contributed by atoms with Gasteiger partial charge in [0.15, 0.2) is 6.61 Å². The number of hydrogen-bond acceptors (Lipinski definition) is 4. The lowest BCUT2D eigenvalue weighted by molar-refractivity contribution is -0.376. The summed E-state index contributed by atoms with van der Waals surface area (Å²) in [5.74, 6) is -1.38. The maximum absolute atomic E-state index is 13.4. The molecular formula is C22H19F6NO5. The number of ether oxygens (including phenoxy) is 1. The summed E-state index contributed by atoms with van der Waals surface area (Å²) in [7, 11) is 0. The van der Waals surface area contributed by atoms with E-state index in [9.17, 15) is 41.0 Å². The molecule has 34 heavy (non-hydrogen) atoms. The summed E-state index contributed by atoms with van der Waals surface area (Å²) in [5.41, 5.74) is -7.10. The van der Waals surface area contributed by atoms with Crippen molar-refractivity contribution in [2.24, 2.45) is 0 Å². The van der Waals surface area contributed by atoms with Gasteiger partial charge in [-0.25, -0.2) is 4.79 Å². The van der Waals surface area contributed by atoms with Crippen molar-refractivity contribution in [3.8, 4) is 5.75 Å². The first-order chi connectivity index (χ1) is 15.7. The van der Waals surface area contributed by atoms with Crippen LogP contribution in [0.5, 0.6) is 5.75 Å². The van der Waals surface area contributed by atoms with Crippen LogP contribution >= 0.6 is 0 Å². The molecule has 1 heterocycles. The number of benzene rings is 2. The quantitative estimate of drug-likeness (QED) is 0.369. The van der Waals surface area contributed by atoms with Gasteiger partial charge in [-0.1, -0.05) is 19.4 Å². The molecule has 184 valence electrons. The van der Waals surface area contributed by atoms with E-state index in [0.29, 0.717) is 25.0 Å². The first-order valence-corrected chi connectivity index (χ1v) is 10.0. The van der Waals surface area contributed by atoms with Crippen molar-refractivity contribution in [3.05, 3.63) is 52.3 Å². The van der Waals surface area contributed by atoms with Crippen LogP contribution in [-0.2, 0) is 16.9 Å². The van der Waals surface area contributed by atoms with E-state index >= 15 is 0 Å². The van der Waals surface area contributed by atoms with Crippen LogP contribution in [0, 0.1) is 0 Å². The van der Waals surface area contributed by atoms with E-state index in [1.54, 1.807) is 0 Å². The van der Waals surface area contributed by atoms with Gasteiger partial charge in [0, 0.05) is 28.3 Å². The van der Waals surface area contributed by atoms with E-state index in [1.807, 2.05) is 6.92 Å². The summed E-state index contributed by atoms with van der Waals surface area (Å²) in [6.07, 6.45) is -11.0. The number of carboxylic acid groups (broad SMARTS) is 1. The number of nitrogens with zero attached hydrogens (tertiary/aromatic N) is 1. The predicted molar refractivity (Wildman–Crippen MR) is 110 cm³/mol. The van der Waals surface area contributed by atoms with Gasteiger partial charge in [0.1, 0.15) is 5.75 Å². The Morgan fingerprint density at radius 1 is 0.971 bits per heavy atom. The van der Waals surface area contributed by atoms with E-state index in [1.165, 1.54) is 16.7 Å². The normalized spacial score (nSPS) is 12.9. The number of aromatic nitrogens is 1. The summed E-state index contributed by atoms with van der Waals surface area (Å²) >= 11 is 0. The van der Waals surface area contributed by atoms with Gasteiger partial charge in [-0.15, -0.1) is 0 Å². The molecule has 6 nitrogen and oxygen atoms in total.